The summed E-state index contributed by atoms with van der Waals surface area (Å²) in [5.74, 6) is 0.588. The van der Waals surface area contributed by atoms with Gasteiger partial charge in [-0.15, -0.1) is 0 Å². The molecule has 0 unspecified atom stereocenters. The average molecular weight is 370 g/mol. The van der Waals surface area contributed by atoms with Crippen LogP contribution in [0.25, 0.3) is 11.3 Å². The number of nitrogens with one attached hydrogen (secondary N) is 1. The summed E-state index contributed by atoms with van der Waals surface area (Å²) in [6.07, 6.45) is 3.31. The molecule has 2 aromatic rings. The van der Waals surface area contributed by atoms with Gasteiger partial charge in [0.2, 0.25) is 5.95 Å². The minimum Gasteiger partial charge on any atom is -0.381 e. The highest BCUT2D eigenvalue weighted by Gasteiger charge is 2.21. The van der Waals surface area contributed by atoms with Crippen LogP contribution in [0.4, 0.5) is 10.2 Å². The SMILES string of the molecule is C[C@@H](Nc1ccc(Cl)c(-c2cc(F)ncc2Cl)n1)C1CCOCC1. The molecule has 1 aliphatic rings. The Morgan fingerprint density at radius 3 is 2.75 bits per heavy atom. The lowest BCUT2D eigenvalue weighted by atomic mass is 9.93. The van der Waals surface area contributed by atoms with Gasteiger partial charge in [-0.3, -0.25) is 0 Å². The number of hydrogen-bond donors (Lipinski definition) is 1. The summed E-state index contributed by atoms with van der Waals surface area (Å²) in [7, 11) is 0. The molecule has 1 N–H and O–H groups in total. The zero-order valence-corrected chi connectivity index (χ0v) is 14.7. The van der Waals surface area contributed by atoms with Gasteiger partial charge in [-0.2, -0.15) is 4.39 Å². The molecule has 24 heavy (non-hydrogen) atoms. The Labute approximate surface area is 150 Å². The minimum atomic E-state index is -0.624. The number of rotatable bonds is 4. The molecule has 0 aliphatic carbocycles. The van der Waals surface area contributed by atoms with Crippen LogP contribution in [0.2, 0.25) is 10.0 Å². The van der Waals surface area contributed by atoms with Gasteiger partial charge in [-0.05, 0) is 37.8 Å². The summed E-state index contributed by atoms with van der Waals surface area (Å²) in [6.45, 7) is 3.72. The predicted molar refractivity (Wildman–Crippen MR) is 94.1 cm³/mol. The molecule has 7 heteroatoms. The normalized spacial score (nSPS) is 16.8. The first-order valence-electron chi connectivity index (χ1n) is 7.87. The fraction of sp³-hybridized carbons (Fsp3) is 0.412. The number of pyridine rings is 2. The van der Waals surface area contributed by atoms with Crippen LogP contribution >= 0.6 is 23.2 Å². The van der Waals surface area contributed by atoms with Gasteiger partial charge in [0.15, 0.2) is 0 Å². The highest BCUT2D eigenvalue weighted by atomic mass is 35.5. The summed E-state index contributed by atoms with van der Waals surface area (Å²) in [5, 5.41) is 4.12. The Kier molecular flexibility index (Phi) is 5.54. The molecule has 1 aliphatic heterocycles. The van der Waals surface area contributed by atoms with Crippen molar-refractivity contribution < 1.29 is 9.13 Å². The molecule has 1 atom stereocenters. The third-order valence-electron chi connectivity index (χ3n) is 4.27. The van der Waals surface area contributed by atoms with Crippen molar-refractivity contribution >= 4 is 29.0 Å². The topological polar surface area (TPSA) is 47.0 Å². The van der Waals surface area contributed by atoms with Gasteiger partial charge >= 0.3 is 0 Å². The second-order valence-corrected chi connectivity index (χ2v) is 6.71. The minimum absolute atomic E-state index is 0.250. The van der Waals surface area contributed by atoms with E-state index in [1.165, 1.54) is 12.3 Å². The van der Waals surface area contributed by atoms with E-state index in [2.05, 4.69) is 22.2 Å². The van der Waals surface area contributed by atoms with Crippen LogP contribution in [-0.4, -0.2) is 29.2 Å². The van der Waals surface area contributed by atoms with Crippen LogP contribution < -0.4 is 5.32 Å². The number of halogens is 3. The van der Waals surface area contributed by atoms with Gasteiger partial charge in [0.05, 0.1) is 15.7 Å². The molecule has 0 bridgehead atoms. The van der Waals surface area contributed by atoms with E-state index in [4.69, 9.17) is 27.9 Å². The number of ether oxygens (including phenoxy) is 1. The molecule has 2 aromatic heterocycles. The second kappa shape index (κ2) is 7.64. The molecule has 4 nitrogen and oxygen atoms in total. The molecule has 0 radical (unpaired) electrons. The second-order valence-electron chi connectivity index (χ2n) is 5.90. The van der Waals surface area contributed by atoms with Crippen molar-refractivity contribution in [2.24, 2.45) is 5.92 Å². The Balaban J connectivity index is 1.84. The fourth-order valence-electron chi connectivity index (χ4n) is 2.87. The van der Waals surface area contributed by atoms with E-state index < -0.39 is 5.95 Å². The maximum Gasteiger partial charge on any atom is 0.213 e. The predicted octanol–water partition coefficient (Wildman–Crippen LogP) is 4.82. The van der Waals surface area contributed by atoms with Gasteiger partial charge in [0.1, 0.15) is 5.82 Å². The van der Waals surface area contributed by atoms with Crippen molar-refractivity contribution in [2.45, 2.75) is 25.8 Å². The standard InChI is InChI=1S/C17H18Cl2FN3O/c1-10(11-4-6-24-7-5-11)22-16-3-2-13(18)17(23-16)12-8-15(20)21-9-14(12)19/h2-3,8-11H,4-7H2,1H3,(H,22,23)/t10-/m1/s1. The van der Waals surface area contributed by atoms with Crippen molar-refractivity contribution in [3.8, 4) is 11.3 Å². The van der Waals surface area contributed by atoms with E-state index in [1.807, 2.05) is 6.07 Å². The molecule has 1 saturated heterocycles. The van der Waals surface area contributed by atoms with Gasteiger partial charge in [0.25, 0.3) is 0 Å². The molecule has 0 amide bonds. The highest BCUT2D eigenvalue weighted by molar-refractivity contribution is 6.36. The van der Waals surface area contributed by atoms with Gasteiger partial charge in [0, 0.05) is 37.1 Å². The van der Waals surface area contributed by atoms with Gasteiger partial charge < -0.3 is 10.1 Å². The quantitative estimate of drug-likeness (QED) is 0.785. The first kappa shape index (κ1) is 17.4. The zero-order chi connectivity index (χ0) is 17.1. The first-order chi connectivity index (χ1) is 11.5. The molecular formula is C17H18Cl2FN3O. The fourth-order valence-corrected chi connectivity index (χ4v) is 3.27. The summed E-state index contributed by atoms with van der Waals surface area (Å²) in [4.78, 5) is 8.06. The molecule has 0 spiro atoms. The van der Waals surface area contributed by atoms with Crippen LogP contribution in [-0.2, 0) is 4.74 Å². The third kappa shape index (κ3) is 3.97. The number of aromatic nitrogens is 2. The Hall–Kier alpha value is -1.43. The van der Waals surface area contributed by atoms with Crippen LogP contribution in [0.15, 0.2) is 24.4 Å². The molecular weight excluding hydrogens is 352 g/mol. The van der Waals surface area contributed by atoms with E-state index in [1.54, 1.807) is 6.07 Å². The van der Waals surface area contributed by atoms with E-state index in [-0.39, 0.29) is 6.04 Å². The Bertz CT molecular complexity index is 723. The van der Waals surface area contributed by atoms with Gasteiger partial charge in [-0.25, -0.2) is 9.97 Å². The molecule has 0 saturated carbocycles. The number of nitrogens with zero attached hydrogens (tertiary/aromatic N) is 2. The maximum atomic E-state index is 13.4. The van der Waals surface area contributed by atoms with Crippen molar-refractivity contribution in [1.29, 1.82) is 0 Å². The smallest absolute Gasteiger partial charge is 0.213 e. The number of hydrogen-bond acceptors (Lipinski definition) is 4. The molecule has 1 fully saturated rings. The largest absolute Gasteiger partial charge is 0.381 e. The summed E-state index contributed by atoms with van der Waals surface area (Å²) < 4.78 is 18.9. The van der Waals surface area contributed by atoms with Crippen molar-refractivity contribution in [3.63, 3.8) is 0 Å². The number of anilines is 1. The van der Waals surface area contributed by atoms with Crippen molar-refractivity contribution in [1.82, 2.24) is 9.97 Å². The average Bonchev–Trinajstić information content (AvgIpc) is 2.59. The van der Waals surface area contributed by atoms with Crippen LogP contribution in [0.1, 0.15) is 19.8 Å². The molecule has 0 aromatic carbocycles. The summed E-state index contributed by atoms with van der Waals surface area (Å²) >= 11 is 12.4. The maximum absolute atomic E-state index is 13.4. The van der Waals surface area contributed by atoms with Crippen LogP contribution in [0.3, 0.4) is 0 Å². The van der Waals surface area contributed by atoms with E-state index in [0.29, 0.717) is 33.0 Å². The van der Waals surface area contributed by atoms with Crippen LogP contribution in [0.5, 0.6) is 0 Å². The summed E-state index contributed by atoms with van der Waals surface area (Å²) in [5.41, 5.74) is 0.865. The van der Waals surface area contributed by atoms with Crippen LogP contribution in [0, 0.1) is 11.9 Å². The molecule has 128 valence electrons. The van der Waals surface area contributed by atoms with Gasteiger partial charge in [-0.1, -0.05) is 23.2 Å². The Morgan fingerprint density at radius 2 is 2.00 bits per heavy atom. The van der Waals surface area contributed by atoms with Crippen molar-refractivity contribution in [2.75, 3.05) is 18.5 Å². The lowest BCUT2D eigenvalue weighted by Crippen LogP contribution is -2.31. The Morgan fingerprint density at radius 1 is 1.25 bits per heavy atom. The highest BCUT2D eigenvalue weighted by Crippen LogP contribution is 2.33. The lowest BCUT2D eigenvalue weighted by Gasteiger charge is -2.28. The third-order valence-corrected chi connectivity index (χ3v) is 4.88. The molecule has 3 rings (SSSR count). The van der Waals surface area contributed by atoms with E-state index in [0.717, 1.165) is 26.1 Å². The van der Waals surface area contributed by atoms with E-state index in [9.17, 15) is 4.39 Å². The van der Waals surface area contributed by atoms with Crippen molar-refractivity contribution in [3.05, 3.63) is 40.4 Å². The summed E-state index contributed by atoms with van der Waals surface area (Å²) in [6, 6.07) is 5.03. The zero-order valence-electron chi connectivity index (χ0n) is 13.2. The first-order valence-corrected chi connectivity index (χ1v) is 8.62. The monoisotopic (exact) mass is 369 g/mol. The molecule has 3 heterocycles. The lowest BCUT2D eigenvalue weighted by molar-refractivity contribution is 0.0622. The van der Waals surface area contributed by atoms with E-state index >= 15 is 0 Å².